The summed E-state index contributed by atoms with van der Waals surface area (Å²) < 4.78 is 16.4. The van der Waals surface area contributed by atoms with E-state index in [1.165, 1.54) is 0 Å². The van der Waals surface area contributed by atoms with E-state index in [0.717, 1.165) is 32.2 Å². The summed E-state index contributed by atoms with van der Waals surface area (Å²) in [5, 5.41) is 0. The maximum Gasteiger partial charge on any atom is 0.161 e. The van der Waals surface area contributed by atoms with Crippen LogP contribution in [0.5, 0.6) is 11.5 Å². The van der Waals surface area contributed by atoms with Crippen molar-refractivity contribution < 1.29 is 19.0 Å². The molecule has 1 aromatic rings. The van der Waals surface area contributed by atoms with Gasteiger partial charge in [-0.15, -0.1) is 0 Å². The molecule has 2 rings (SSSR count). The Morgan fingerprint density at radius 1 is 1.44 bits per heavy atom. The molecule has 0 N–H and O–H groups in total. The largest absolute Gasteiger partial charge is 0.493 e. The summed E-state index contributed by atoms with van der Waals surface area (Å²) in [6.07, 6.45) is 4.22. The Labute approximate surface area is 107 Å². The van der Waals surface area contributed by atoms with Crippen molar-refractivity contribution in [3.05, 3.63) is 23.8 Å². The normalized spacial score (nSPS) is 18.6. The van der Waals surface area contributed by atoms with Gasteiger partial charge in [-0.1, -0.05) is 0 Å². The predicted molar refractivity (Wildman–Crippen MR) is 67.5 cm³/mol. The lowest BCUT2D eigenvalue weighted by molar-refractivity contribution is 0.0898. The average molecular weight is 250 g/mol. The molecule has 4 heteroatoms. The highest BCUT2D eigenvalue weighted by molar-refractivity contribution is 5.76. The lowest BCUT2D eigenvalue weighted by atomic mass is 10.2. The van der Waals surface area contributed by atoms with E-state index in [4.69, 9.17) is 14.2 Å². The quantitative estimate of drug-likeness (QED) is 0.727. The van der Waals surface area contributed by atoms with Crippen LogP contribution in [0.25, 0.3) is 0 Å². The number of rotatable bonds is 6. The second kappa shape index (κ2) is 6.40. The summed E-state index contributed by atoms with van der Waals surface area (Å²) in [6, 6.07) is 5.14. The maximum atomic E-state index is 10.7. The molecule has 98 valence electrons. The summed E-state index contributed by atoms with van der Waals surface area (Å²) in [7, 11) is 1.59. The van der Waals surface area contributed by atoms with Gasteiger partial charge in [-0.05, 0) is 31.0 Å². The number of ether oxygens (including phenoxy) is 3. The summed E-state index contributed by atoms with van der Waals surface area (Å²) in [5.41, 5.74) is 0.586. The summed E-state index contributed by atoms with van der Waals surface area (Å²) >= 11 is 0. The zero-order valence-electron chi connectivity index (χ0n) is 10.6. The smallest absolute Gasteiger partial charge is 0.161 e. The molecule has 0 spiro atoms. The van der Waals surface area contributed by atoms with Crippen molar-refractivity contribution in [3.63, 3.8) is 0 Å². The molecule has 1 aromatic carbocycles. The van der Waals surface area contributed by atoms with E-state index < -0.39 is 0 Å². The van der Waals surface area contributed by atoms with Crippen LogP contribution in [-0.4, -0.2) is 32.7 Å². The van der Waals surface area contributed by atoms with Gasteiger partial charge in [-0.2, -0.15) is 0 Å². The number of carbonyl (C=O) groups is 1. The van der Waals surface area contributed by atoms with Gasteiger partial charge in [0.2, 0.25) is 0 Å². The monoisotopic (exact) mass is 250 g/mol. The summed E-state index contributed by atoms with van der Waals surface area (Å²) in [5.74, 6) is 1.26. The Morgan fingerprint density at radius 2 is 2.33 bits per heavy atom. The van der Waals surface area contributed by atoms with Crippen LogP contribution >= 0.6 is 0 Å². The fraction of sp³-hybridized carbons (Fsp3) is 0.500. The van der Waals surface area contributed by atoms with Crippen LogP contribution in [0.15, 0.2) is 18.2 Å². The second-order valence-corrected chi connectivity index (χ2v) is 4.30. The van der Waals surface area contributed by atoms with Gasteiger partial charge in [-0.25, -0.2) is 0 Å². The van der Waals surface area contributed by atoms with Crippen LogP contribution in [0.2, 0.25) is 0 Å². The lowest BCUT2D eigenvalue weighted by Crippen LogP contribution is -2.11. The van der Waals surface area contributed by atoms with Crippen LogP contribution in [0.4, 0.5) is 0 Å². The van der Waals surface area contributed by atoms with E-state index in [-0.39, 0.29) is 0 Å². The van der Waals surface area contributed by atoms with Gasteiger partial charge in [0.25, 0.3) is 0 Å². The van der Waals surface area contributed by atoms with Crippen molar-refractivity contribution >= 4 is 6.29 Å². The van der Waals surface area contributed by atoms with E-state index in [1.807, 2.05) is 0 Å². The van der Waals surface area contributed by atoms with Crippen LogP contribution in [0.1, 0.15) is 29.6 Å². The highest BCUT2D eigenvalue weighted by Crippen LogP contribution is 2.28. The molecule has 0 aromatic heterocycles. The Balaban J connectivity index is 1.91. The topological polar surface area (TPSA) is 44.8 Å². The third-order valence-corrected chi connectivity index (χ3v) is 3.05. The zero-order chi connectivity index (χ0) is 12.8. The minimum Gasteiger partial charge on any atom is -0.493 e. The molecule has 4 nitrogen and oxygen atoms in total. The van der Waals surface area contributed by atoms with E-state index in [1.54, 1.807) is 25.3 Å². The van der Waals surface area contributed by atoms with Crippen molar-refractivity contribution in [3.8, 4) is 11.5 Å². The molecule has 18 heavy (non-hydrogen) atoms. The van der Waals surface area contributed by atoms with Gasteiger partial charge in [0.15, 0.2) is 11.5 Å². The molecule has 0 bridgehead atoms. The predicted octanol–water partition coefficient (Wildman–Crippen LogP) is 2.46. The number of hydrogen-bond acceptors (Lipinski definition) is 4. The lowest BCUT2D eigenvalue weighted by Gasteiger charge is -2.13. The number of hydrogen-bond donors (Lipinski definition) is 0. The molecule has 1 saturated heterocycles. The molecule has 0 amide bonds. The minimum atomic E-state index is 0.310. The zero-order valence-corrected chi connectivity index (χ0v) is 10.6. The first kappa shape index (κ1) is 12.9. The second-order valence-electron chi connectivity index (χ2n) is 4.30. The fourth-order valence-corrected chi connectivity index (χ4v) is 2.05. The first-order chi connectivity index (χ1) is 8.83. The van der Waals surface area contributed by atoms with Crippen molar-refractivity contribution in [2.45, 2.75) is 25.4 Å². The van der Waals surface area contributed by atoms with Crippen molar-refractivity contribution in [2.24, 2.45) is 0 Å². The molecule has 0 aliphatic carbocycles. The highest BCUT2D eigenvalue weighted by atomic mass is 16.5. The van der Waals surface area contributed by atoms with E-state index in [2.05, 4.69) is 0 Å². The van der Waals surface area contributed by atoms with E-state index in [9.17, 15) is 4.79 Å². The van der Waals surface area contributed by atoms with Gasteiger partial charge < -0.3 is 14.2 Å². The molecule has 1 heterocycles. The molecule has 0 radical (unpaired) electrons. The minimum absolute atomic E-state index is 0.310. The van der Waals surface area contributed by atoms with Crippen molar-refractivity contribution in [1.29, 1.82) is 0 Å². The first-order valence-electron chi connectivity index (χ1n) is 6.21. The SMILES string of the molecule is COc1ccc(C=O)cc1OCCC1CCCO1. The molecule has 1 aliphatic rings. The molecule has 0 saturated carbocycles. The molecule has 1 atom stereocenters. The number of methoxy groups -OCH3 is 1. The van der Waals surface area contributed by atoms with Gasteiger partial charge in [0.05, 0.1) is 19.8 Å². The molecule has 1 aliphatic heterocycles. The van der Waals surface area contributed by atoms with Crippen molar-refractivity contribution in [2.75, 3.05) is 20.3 Å². The van der Waals surface area contributed by atoms with Crippen LogP contribution in [-0.2, 0) is 4.74 Å². The number of benzene rings is 1. The van der Waals surface area contributed by atoms with E-state index >= 15 is 0 Å². The van der Waals surface area contributed by atoms with Gasteiger partial charge >= 0.3 is 0 Å². The highest BCUT2D eigenvalue weighted by Gasteiger charge is 2.15. The Kier molecular flexibility index (Phi) is 4.59. The Morgan fingerprint density at radius 3 is 3.00 bits per heavy atom. The summed E-state index contributed by atoms with van der Waals surface area (Å²) in [4.78, 5) is 10.7. The third kappa shape index (κ3) is 3.23. The van der Waals surface area contributed by atoms with Crippen LogP contribution in [0, 0.1) is 0 Å². The number of aldehydes is 1. The van der Waals surface area contributed by atoms with Gasteiger partial charge in [-0.3, -0.25) is 4.79 Å². The van der Waals surface area contributed by atoms with Crippen molar-refractivity contribution in [1.82, 2.24) is 0 Å². The van der Waals surface area contributed by atoms with Gasteiger partial charge in [0, 0.05) is 18.6 Å². The fourth-order valence-electron chi connectivity index (χ4n) is 2.05. The molecule has 1 fully saturated rings. The Hall–Kier alpha value is -1.55. The first-order valence-corrected chi connectivity index (χ1v) is 6.21. The third-order valence-electron chi connectivity index (χ3n) is 3.05. The molecule has 1 unspecified atom stereocenters. The number of carbonyl (C=O) groups excluding carboxylic acids is 1. The maximum absolute atomic E-state index is 10.7. The van der Waals surface area contributed by atoms with Gasteiger partial charge in [0.1, 0.15) is 6.29 Å². The Bertz CT molecular complexity index is 397. The van der Waals surface area contributed by atoms with Crippen LogP contribution < -0.4 is 9.47 Å². The summed E-state index contributed by atoms with van der Waals surface area (Å²) in [6.45, 7) is 1.43. The standard InChI is InChI=1S/C14H18O4/c1-16-13-5-4-11(10-15)9-14(13)18-8-6-12-3-2-7-17-12/h4-5,9-10,12H,2-3,6-8H2,1H3. The van der Waals surface area contributed by atoms with Crippen LogP contribution in [0.3, 0.4) is 0 Å². The molecular weight excluding hydrogens is 232 g/mol. The van der Waals surface area contributed by atoms with E-state index in [0.29, 0.717) is 29.8 Å². The molecular formula is C14H18O4. The average Bonchev–Trinajstić information content (AvgIpc) is 2.92.